The number of nitrogens with zero attached hydrogens (tertiary/aromatic N) is 1. The molecule has 2 atom stereocenters. The number of amides is 1. The number of methoxy groups -OCH3 is 1. The normalized spacial score (nSPS) is 18.5. The number of Topliss-reactive ketones (excluding diaryl/α,β-unsaturated/α-hetero) is 1. The molecule has 39 heavy (non-hydrogen) atoms. The zero-order valence-electron chi connectivity index (χ0n) is 21.4. The number of halogens is 1. The summed E-state index contributed by atoms with van der Waals surface area (Å²) >= 11 is 0. The Kier molecular flexibility index (Phi) is 6.45. The summed E-state index contributed by atoms with van der Waals surface area (Å²) in [5.74, 6) is 0.00766. The van der Waals surface area contributed by atoms with E-state index in [9.17, 15) is 14.0 Å². The first-order valence-corrected chi connectivity index (χ1v) is 12.9. The predicted octanol–water partition coefficient (Wildman–Crippen LogP) is 7.05. The van der Waals surface area contributed by atoms with Crippen LogP contribution in [0.5, 0.6) is 5.75 Å². The van der Waals surface area contributed by atoms with Crippen LogP contribution >= 0.6 is 0 Å². The van der Waals surface area contributed by atoms with Gasteiger partial charge in [0.1, 0.15) is 11.6 Å². The molecule has 0 unspecified atom stereocenters. The van der Waals surface area contributed by atoms with Gasteiger partial charge < -0.3 is 10.1 Å². The van der Waals surface area contributed by atoms with E-state index in [4.69, 9.17) is 4.74 Å². The zero-order valence-corrected chi connectivity index (χ0v) is 21.4. The molecule has 6 rings (SSSR count). The van der Waals surface area contributed by atoms with Gasteiger partial charge in [0, 0.05) is 23.3 Å². The molecule has 0 fully saturated rings. The summed E-state index contributed by atoms with van der Waals surface area (Å²) in [6.07, 6.45) is 0.864. The summed E-state index contributed by atoms with van der Waals surface area (Å²) in [4.78, 5) is 29.9. The van der Waals surface area contributed by atoms with Crippen molar-refractivity contribution in [2.75, 3.05) is 17.3 Å². The number of hydrogen-bond acceptors (Lipinski definition) is 4. The van der Waals surface area contributed by atoms with Crippen LogP contribution in [0.1, 0.15) is 46.3 Å². The van der Waals surface area contributed by atoms with Gasteiger partial charge in [0.2, 0.25) is 0 Å². The molecule has 5 nitrogen and oxygen atoms in total. The highest BCUT2D eigenvalue weighted by molar-refractivity contribution is 6.12. The maximum absolute atomic E-state index is 14.2. The Bertz CT molecular complexity index is 1580. The second-order valence-electron chi connectivity index (χ2n) is 9.83. The van der Waals surface area contributed by atoms with Gasteiger partial charge in [-0.25, -0.2) is 4.39 Å². The number of hydrogen-bond donors (Lipinski definition) is 1. The van der Waals surface area contributed by atoms with E-state index in [1.165, 1.54) is 12.1 Å². The van der Waals surface area contributed by atoms with Gasteiger partial charge in [0.25, 0.3) is 5.91 Å². The Balaban J connectivity index is 1.54. The minimum absolute atomic E-state index is 0.0513. The molecule has 0 saturated carbocycles. The van der Waals surface area contributed by atoms with Gasteiger partial charge in [-0.05, 0) is 72.0 Å². The molecule has 0 radical (unpaired) electrons. The van der Waals surface area contributed by atoms with E-state index < -0.39 is 6.04 Å². The first-order valence-electron chi connectivity index (χ1n) is 12.9. The minimum Gasteiger partial charge on any atom is -0.497 e. The second kappa shape index (κ2) is 10.2. The van der Waals surface area contributed by atoms with Gasteiger partial charge in [0.05, 0.1) is 24.5 Å². The molecule has 1 aliphatic carbocycles. The number of allylic oxidation sites excluding steroid dienone is 1. The Morgan fingerprint density at radius 3 is 2.38 bits per heavy atom. The van der Waals surface area contributed by atoms with Crippen molar-refractivity contribution in [1.82, 2.24) is 0 Å². The van der Waals surface area contributed by atoms with Gasteiger partial charge in [0.15, 0.2) is 5.78 Å². The first kappa shape index (κ1) is 24.6. The fourth-order valence-corrected chi connectivity index (χ4v) is 5.63. The van der Waals surface area contributed by atoms with Crippen molar-refractivity contribution < 1.29 is 18.7 Å². The Hall–Kier alpha value is -4.71. The third-order valence-corrected chi connectivity index (χ3v) is 7.48. The summed E-state index contributed by atoms with van der Waals surface area (Å²) in [6, 6.07) is 29.7. The SMILES string of the molecule is COc1cccc([C@@H]2CC(=O)C3=C(C2)Nc2ccccc2N(C(=O)c2ccccc2)[C@@H]3c2ccc(F)cc2)c1. The van der Waals surface area contributed by atoms with Crippen molar-refractivity contribution in [3.63, 3.8) is 0 Å². The molecule has 1 aliphatic heterocycles. The van der Waals surface area contributed by atoms with Crippen LogP contribution in [0.3, 0.4) is 0 Å². The van der Waals surface area contributed by atoms with Crippen LogP contribution in [0, 0.1) is 5.82 Å². The quantitative estimate of drug-likeness (QED) is 0.315. The summed E-state index contributed by atoms with van der Waals surface area (Å²) < 4.78 is 19.4. The van der Waals surface area contributed by atoms with Crippen molar-refractivity contribution in [1.29, 1.82) is 0 Å². The smallest absolute Gasteiger partial charge is 0.259 e. The van der Waals surface area contributed by atoms with Crippen molar-refractivity contribution >= 4 is 23.1 Å². The van der Waals surface area contributed by atoms with E-state index >= 15 is 0 Å². The number of nitrogens with one attached hydrogen (secondary N) is 1. The molecule has 1 amide bonds. The molecule has 1 heterocycles. The lowest BCUT2D eigenvalue weighted by molar-refractivity contribution is -0.116. The Morgan fingerprint density at radius 2 is 1.62 bits per heavy atom. The zero-order chi connectivity index (χ0) is 26.9. The Labute approximate surface area is 226 Å². The fourth-order valence-electron chi connectivity index (χ4n) is 5.63. The summed E-state index contributed by atoms with van der Waals surface area (Å²) in [5.41, 5.74) is 4.87. The number of carbonyl (C=O) groups is 2. The van der Waals surface area contributed by atoms with Crippen LogP contribution in [0.25, 0.3) is 0 Å². The van der Waals surface area contributed by atoms with Gasteiger partial charge in [-0.2, -0.15) is 0 Å². The molecule has 0 aromatic heterocycles. The monoisotopic (exact) mass is 518 g/mol. The van der Waals surface area contributed by atoms with Crippen molar-refractivity contribution in [3.8, 4) is 5.75 Å². The molecular formula is C33H27FN2O3. The van der Waals surface area contributed by atoms with Crippen molar-refractivity contribution in [2.24, 2.45) is 0 Å². The molecule has 194 valence electrons. The van der Waals surface area contributed by atoms with Gasteiger partial charge in [-0.1, -0.05) is 54.6 Å². The molecule has 0 saturated heterocycles. The maximum atomic E-state index is 14.2. The first-order chi connectivity index (χ1) is 19.0. The topological polar surface area (TPSA) is 58.6 Å². The third-order valence-electron chi connectivity index (χ3n) is 7.48. The molecule has 4 aromatic carbocycles. The van der Waals surface area contributed by atoms with E-state index in [2.05, 4.69) is 5.32 Å². The highest BCUT2D eigenvalue weighted by Crippen LogP contribution is 2.48. The summed E-state index contributed by atoms with van der Waals surface area (Å²) in [5, 5.41) is 3.53. The molecular weight excluding hydrogens is 491 g/mol. The average Bonchev–Trinajstić information content (AvgIpc) is 3.12. The summed E-state index contributed by atoms with van der Waals surface area (Å²) in [6.45, 7) is 0. The van der Waals surface area contributed by atoms with E-state index in [0.717, 1.165) is 22.7 Å². The average molecular weight is 519 g/mol. The number of carbonyl (C=O) groups excluding carboxylic acids is 2. The van der Waals surface area contributed by atoms with Crippen molar-refractivity contribution in [3.05, 3.63) is 137 Å². The summed E-state index contributed by atoms with van der Waals surface area (Å²) in [7, 11) is 1.63. The number of fused-ring (bicyclic) bond motifs is 1. The van der Waals surface area contributed by atoms with E-state index in [1.807, 2.05) is 66.7 Å². The van der Waals surface area contributed by atoms with Crippen LogP contribution < -0.4 is 15.0 Å². The molecule has 1 N–H and O–H groups in total. The molecule has 6 heteroatoms. The van der Waals surface area contributed by atoms with E-state index in [-0.39, 0.29) is 29.8 Å². The lowest BCUT2D eigenvalue weighted by atomic mass is 9.78. The molecule has 0 spiro atoms. The maximum Gasteiger partial charge on any atom is 0.259 e. The van der Waals surface area contributed by atoms with Crippen LogP contribution in [0.2, 0.25) is 0 Å². The second-order valence-corrected chi connectivity index (χ2v) is 9.83. The van der Waals surface area contributed by atoms with Gasteiger partial charge in [-0.15, -0.1) is 0 Å². The Morgan fingerprint density at radius 1 is 0.872 bits per heavy atom. The van der Waals surface area contributed by atoms with Crippen LogP contribution in [0.15, 0.2) is 114 Å². The van der Waals surface area contributed by atoms with E-state index in [1.54, 1.807) is 36.3 Å². The minimum atomic E-state index is -0.733. The lowest BCUT2D eigenvalue weighted by Crippen LogP contribution is -2.38. The number of ketones is 1. The van der Waals surface area contributed by atoms with E-state index in [0.29, 0.717) is 28.8 Å². The van der Waals surface area contributed by atoms with Crippen LogP contribution in [-0.4, -0.2) is 18.8 Å². The number of ether oxygens (including phenoxy) is 1. The van der Waals surface area contributed by atoms with Gasteiger partial charge >= 0.3 is 0 Å². The number of anilines is 2. The number of benzene rings is 4. The van der Waals surface area contributed by atoms with Gasteiger partial charge in [-0.3, -0.25) is 14.5 Å². The molecule has 2 aliphatic rings. The predicted molar refractivity (Wildman–Crippen MR) is 149 cm³/mol. The molecule has 4 aromatic rings. The standard InChI is InChI=1S/C33H27FN2O3/c1-39-26-11-7-10-23(18-26)24-19-28-31(30(37)20-24)32(21-14-16-25(34)17-15-21)36(29-13-6-5-12-27(29)35-28)33(38)22-8-3-2-4-9-22/h2-18,24,32,35H,19-20H2,1H3/t24-,32+/m0/s1. The largest absolute Gasteiger partial charge is 0.497 e. The highest BCUT2D eigenvalue weighted by atomic mass is 19.1. The number of para-hydroxylation sites is 2. The molecule has 0 bridgehead atoms. The third kappa shape index (κ3) is 4.59. The van der Waals surface area contributed by atoms with Crippen LogP contribution in [0.4, 0.5) is 15.8 Å². The highest BCUT2D eigenvalue weighted by Gasteiger charge is 2.41. The number of rotatable bonds is 4. The lowest BCUT2D eigenvalue weighted by Gasteiger charge is -2.35. The fraction of sp³-hybridized carbons (Fsp3) is 0.152. The van der Waals surface area contributed by atoms with Crippen molar-refractivity contribution in [2.45, 2.75) is 24.8 Å². The van der Waals surface area contributed by atoms with Crippen LogP contribution in [-0.2, 0) is 4.79 Å².